The molecule has 2 aliphatic heterocycles. The second-order valence-corrected chi connectivity index (χ2v) is 8.65. The van der Waals surface area contributed by atoms with Gasteiger partial charge in [0.1, 0.15) is 21.7 Å². The zero-order chi connectivity index (χ0) is 17.9. The second-order valence-electron chi connectivity index (χ2n) is 7.65. The molecule has 136 valence electrons. The van der Waals surface area contributed by atoms with Crippen molar-refractivity contribution >= 4 is 37.6 Å². The first-order valence-electron chi connectivity index (χ1n) is 9.09. The molecule has 0 aliphatic carbocycles. The molecule has 0 unspecified atom stereocenters. The fourth-order valence-corrected chi connectivity index (χ4v) is 5.23. The molecule has 0 aromatic carbocycles. The lowest BCUT2D eigenvalue weighted by molar-refractivity contribution is -0.0395. The molecule has 0 bridgehead atoms. The zero-order valence-electron chi connectivity index (χ0n) is 15.3. The van der Waals surface area contributed by atoms with Crippen molar-refractivity contribution in [1.82, 2.24) is 15.0 Å². The van der Waals surface area contributed by atoms with E-state index in [1.54, 1.807) is 24.8 Å². The summed E-state index contributed by atoms with van der Waals surface area (Å²) in [6.07, 6.45) is 4.90. The van der Waals surface area contributed by atoms with Gasteiger partial charge in [0, 0.05) is 30.5 Å². The molecule has 0 N–H and O–H groups in total. The minimum Gasteiger partial charge on any atom is -0.480 e. The first kappa shape index (κ1) is 16.2. The van der Waals surface area contributed by atoms with Crippen LogP contribution >= 0.6 is 11.3 Å². The van der Waals surface area contributed by atoms with Crippen LogP contribution in [0.15, 0.2) is 6.33 Å². The smallest absolute Gasteiger partial charge is 0.234 e. The summed E-state index contributed by atoms with van der Waals surface area (Å²) in [5, 5.41) is 1.15. The van der Waals surface area contributed by atoms with Gasteiger partial charge in [-0.25, -0.2) is 15.0 Å². The van der Waals surface area contributed by atoms with Gasteiger partial charge < -0.3 is 14.4 Å². The molecule has 0 amide bonds. The molecule has 3 aromatic rings. The van der Waals surface area contributed by atoms with Crippen molar-refractivity contribution in [2.45, 2.75) is 45.3 Å². The number of nitrogens with zero attached hydrogens (tertiary/aromatic N) is 4. The maximum atomic E-state index is 6.15. The van der Waals surface area contributed by atoms with Crippen LogP contribution in [0.4, 0.5) is 5.82 Å². The van der Waals surface area contributed by atoms with Crippen molar-refractivity contribution in [3.63, 3.8) is 0 Å². The number of aromatic nitrogens is 3. The van der Waals surface area contributed by atoms with Crippen molar-refractivity contribution in [2.75, 3.05) is 25.1 Å². The van der Waals surface area contributed by atoms with Gasteiger partial charge in [0.2, 0.25) is 5.88 Å². The molecule has 7 heteroatoms. The van der Waals surface area contributed by atoms with E-state index in [9.17, 15) is 0 Å². The molecule has 5 heterocycles. The fourth-order valence-electron chi connectivity index (χ4n) is 4.10. The number of methoxy groups -OCH3 is 1. The van der Waals surface area contributed by atoms with E-state index in [1.807, 2.05) is 0 Å². The summed E-state index contributed by atoms with van der Waals surface area (Å²) >= 11 is 1.63. The minimum absolute atomic E-state index is 0.186. The number of fused-ring (bicyclic) bond motifs is 5. The van der Waals surface area contributed by atoms with Gasteiger partial charge in [0.15, 0.2) is 0 Å². The van der Waals surface area contributed by atoms with Crippen LogP contribution in [0.5, 0.6) is 5.88 Å². The molecular formula is C19H22N4O2S. The van der Waals surface area contributed by atoms with Crippen LogP contribution in [0.25, 0.3) is 20.4 Å². The van der Waals surface area contributed by atoms with E-state index in [0.29, 0.717) is 12.5 Å². The van der Waals surface area contributed by atoms with E-state index in [1.165, 1.54) is 24.0 Å². The number of rotatable bonds is 2. The van der Waals surface area contributed by atoms with Crippen LogP contribution in [0, 0.1) is 0 Å². The lowest BCUT2D eigenvalue weighted by Gasteiger charge is -2.34. The summed E-state index contributed by atoms with van der Waals surface area (Å²) in [7, 11) is 1.65. The first-order chi connectivity index (χ1) is 12.6. The average Bonchev–Trinajstić information content (AvgIpc) is 3.27. The maximum absolute atomic E-state index is 6.15. The molecule has 5 rings (SSSR count). The van der Waals surface area contributed by atoms with E-state index >= 15 is 0 Å². The molecule has 1 fully saturated rings. The molecule has 6 nitrogen and oxygen atoms in total. The third-order valence-corrected chi connectivity index (χ3v) is 6.43. The Hall–Kier alpha value is -1.99. The van der Waals surface area contributed by atoms with Gasteiger partial charge in [0.25, 0.3) is 0 Å². The number of ether oxygens (including phenoxy) is 2. The Balaban J connectivity index is 1.85. The Labute approximate surface area is 156 Å². The van der Waals surface area contributed by atoms with Crippen molar-refractivity contribution in [1.29, 1.82) is 0 Å². The van der Waals surface area contributed by atoms with E-state index in [-0.39, 0.29) is 5.60 Å². The molecule has 0 spiro atoms. The van der Waals surface area contributed by atoms with Crippen molar-refractivity contribution in [3.8, 4) is 5.88 Å². The number of hydrogen-bond acceptors (Lipinski definition) is 7. The number of anilines is 1. The summed E-state index contributed by atoms with van der Waals surface area (Å²) < 4.78 is 12.6. The fraction of sp³-hybridized carbons (Fsp3) is 0.526. The van der Waals surface area contributed by atoms with Crippen LogP contribution in [0.3, 0.4) is 0 Å². The van der Waals surface area contributed by atoms with Crippen molar-refractivity contribution in [2.24, 2.45) is 0 Å². The molecule has 26 heavy (non-hydrogen) atoms. The molecular weight excluding hydrogens is 348 g/mol. The third kappa shape index (κ3) is 2.37. The van der Waals surface area contributed by atoms with E-state index < -0.39 is 0 Å². The van der Waals surface area contributed by atoms with E-state index in [0.717, 1.165) is 45.8 Å². The minimum atomic E-state index is -0.186. The van der Waals surface area contributed by atoms with Crippen LogP contribution in [0.1, 0.15) is 37.8 Å². The Kier molecular flexibility index (Phi) is 3.59. The predicted octanol–water partition coefficient (Wildman–Crippen LogP) is 3.70. The summed E-state index contributed by atoms with van der Waals surface area (Å²) in [6, 6.07) is 0. The zero-order valence-corrected chi connectivity index (χ0v) is 16.2. The van der Waals surface area contributed by atoms with Gasteiger partial charge in [-0.2, -0.15) is 0 Å². The number of hydrogen-bond donors (Lipinski definition) is 0. The standard InChI is InChI=1S/C19H22N4O2S/c1-19(2)8-11-12(9-25-19)16(23-6-4-5-7-23)22-18-13(11)14-15(26-18)17(24-3)21-10-20-14/h10H,4-9H2,1-3H3. The van der Waals surface area contributed by atoms with Gasteiger partial charge in [0.05, 0.1) is 24.8 Å². The lowest BCUT2D eigenvalue weighted by atomic mass is 9.90. The average molecular weight is 370 g/mol. The van der Waals surface area contributed by atoms with E-state index in [2.05, 4.69) is 28.7 Å². The highest BCUT2D eigenvalue weighted by Gasteiger charge is 2.33. The summed E-state index contributed by atoms with van der Waals surface area (Å²) in [5.41, 5.74) is 3.33. The Morgan fingerprint density at radius 2 is 2.00 bits per heavy atom. The highest BCUT2D eigenvalue weighted by atomic mass is 32.1. The van der Waals surface area contributed by atoms with Crippen LogP contribution in [-0.2, 0) is 17.8 Å². The summed E-state index contributed by atoms with van der Waals surface area (Å²) in [6.45, 7) is 7.06. The van der Waals surface area contributed by atoms with Crippen molar-refractivity contribution < 1.29 is 9.47 Å². The SMILES string of the molecule is COc1ncnc2c1sc1nc(N3CCCC3)c3c(c12)CC(C)(C)OC3. The first-order valence-corrected chi connectivity index (χ1v) is 9.91. The molecule has 0 saturated carbocycles. The highest BCUT2D eigenvalue weighted by Crippen LogP contribution is 2.44. The topological polar surface area (TPSA) is 60.4 Å². The quantitative estimate of drug-likeness (QED) is 0.685. The normalized spacial score (nSPS) is 19.3. The van der Waals surface area contributed by atoms with Crippen LogP contribution < -0.4 is 9.64 Å². The van der Waals surface area contributed by atoms with Gasteiger partial charge in [-0.15, -0.1) is 11.3 Å². The number of thiophene rings is 1. The van der Waals surface area contributed by atoms with E-state index in [4.69, 9.17) is 14.5 Å². The van der Waals surface area contributed by atoms with Gasteiger partial charge in [-0.1, -0.05) is 0 Å². The molecule has 2 aliphatic rings. The highest BCUT2D eigenvalue weighted by molar-refractivity contribution is 7.25. The largest absolute Gasteiger partial charge is 0.480 e. The Morgan fingerprint density at radius 3 is 2.77 bits per heavy atom. The monoisotopic (exact) mass is 370 g/mol. The lowest BCUT2D eigenvalue weighted by Crippen LogP contribution is -2.33. The number of pyridine rings is 1. The third-order valence-electron chi connectivity index (χ3n) is 5.37. The van der Waals surface area contributed by atoms with Gasteiger partial charge in [-0.3, -0.25) is 0 Å². The summed E-state index contributed by atoms with van der Waals surface area (Å²) in [5.74, 6) is 1.72. The molecule has 0 radical (unpaired) electrons. The summed E-state index contributed by atoms with van der Waals surface area (Å²) in [4.78, 5) is 17.4. The molecule has 0 atom stereocenters. The van der Waals surface area contributed by atoms with Gasteiger partial charge >= 0.3 is 0 Å². The van der Waals surface area contributed by atoms with Crippen LogP contribution in [-0.4, -0.2) is 40.8 Å². The van der Waals surface area contributed by atoms with Gasteiger partial charge in [-0.05, 0) is 32.3 Å². The maximum Gasteiger partial charge on any atom is 0.234 e. The predicted molar refractivity (Wildman–Crippen MR) is 103 cm³/mol. The molecule has 1 saturated heterocycles. The second kappa shape index (κ2) is 5.76. The molecule has 3 aromatic heterocycles. The van der Waals surface area contributed by atoms with Crippen LogP contribution in [0.2, 0.25) is 0 Å². The Bertz CT molecular complexity index is 1010. The Morgan fingerprint density at radius 1 is 1.19 bits per heavy atom. The van der Waals surface area contributed by atoms with Crippen molar-refractivity contribution in [3.05, 3.63) is 17.5 Å².